The van der Waals surface area contributed by atoms with Crippen LogP contribution in [0.5, 0.6) is 0 Å². The summed E-state index contributed by atoms with van der Waals surface area (Å²) in [4.78, 5) is 0. The number of rotatable bonds is 3. The maximum atomic E-state index is 8.74. The van der Waals surface area contributed by atoms with Crippen molar-refractivity contribution >= 4 is 10.4 Å². The maximum absolute atomic E-state index is 8.74. The molecule has 1 atom stereocenters. The van der Waals surface area contributed by atoms with Gasteiger partial charge < -0.3 is 15.9 Å². The zero-order chi connectivity index (χ0) is 10.2. The van der Waals surface area contributed by atoms with Crippen molar-refractivity contribution in [2.75, 3.05) is 13.2 Å². The second-order valence-electron chi connectivity index (χ2n) is 1.90. The van der Waals surface area contributed by atoms with Gasteiger partial charge in [0.25, 0.3) is 0 Å². The molecule has 0 heterocycles. The number of nitrogens with two attached hydrogens (primary N) is 1. The van der Waals surface area contributed by atoms with Crippen molar-refractivity contribution in [3.05, 3.63) is 0 Å². The lowest BCUT2D eigenvalue weighted by Gasteiger charge is -2.01. The molecule has 0 spiro atoms. The van der Waals surface area contributed by atoms with Crippen LogP contribution in [0.2, 0.25) is 0 Å². The lowest BCUT2D eigenvalue weighted by Crippen LogP contribution is -2.25. The highest BCUT2D eigenvalue weighted by Crippen LogP contribution is 1.80. The first kappa shape index (κ1) is 14.3. The van der Waals surface area contributed by atoms with Gasteiger partial charge in [-0.2, -0.15) is 8.42 Å². The molecule has 0 radical (unpaired) electrons. The third-order valence-electron chi connectivity index (χ3n) is 0.734. The normalized spacial score (nSPS) is 13.1. The third kappa shape index (κ3) is 33.1. The summed E-state index contributed by atoms with van der Waals surface area (Å²) in [6.45, 7) is 0.0162. The summed E-state index contributed by atoms with van der Waals surface area (Å²) >= 11 is 0. The first-order valence-corrected chi connectivity index (χ1v) is 4.38. The van der Waals surface area contributed by atoms with Gasteiger partial charge in [0.1, 0.15) is 0 Å². The van der Waals surface area contributed by atoms with Gasteiger partial charge >= 0.3 is 10.4 Å². The molecule has 0 saturated carbocycles. The minimum absolute atomic E-state index is 0.0411. The van der Waals surface area contributed by atoms with Crippen molar-refractivity contribution in [2.45, 2.75) is 12.5 Å². The lowest BCUT2D eigenvalue weighted by molar-refractivity contribution is 0.221. The first-order valence-electron chi connectivity index (χ1n) is 2.98. The van der Waals surface area contributed by atoms with Crippen LogP contribution in [0, 0.1) is 0 Å². The average Bonchev–Trinajstić information content (AvgIpc) is 1.85. The van der Waals surface area contributed by atoms with Gasteiger partial charge in [0, 0.05) is 12.6 Å². The predicted octanol–water partition coefficient (Wildman–Crippen LogP) is -1.96. The first-order chi connectivity index (χ1) is 5.31. The van der Waals surface area contributed by atoms with Gasteiger partial charge in [-0.3, -0.25) is 9.11 Å². The van der Waals surface area contributed by atoms with Gasteiger partial charge in [0.05, 0.1) is 6.61 Å². The molecule has 0 aromatic carbocycles. The van der Waals surface area contributed by atoms with E-state index < -0.39 is 10.4 Å². The molecule has 6 N–H and O–H groups in total. The molecule has 0 saturated heterocycles. The zero-order valence-electron chi connectivity index (χ0n) is 6.29. The van der Waals surface area contributed by atoms with E-state index in [-0.39, 0.29) is 19.3 Å². The van der Waals surface area contributed by atoms with Gasteiger partial charge in [0.2, 0.25) is 0 Å². The van der Waals surface area contributed by atoms with E-state index in [2.05, 4.69) is 0 Å². The van der Waals surface area contributed by atoms with Gasteiger partial charge in [-0.05, 0) is 6.42 Å². The standard InChI is InChI=1S/C4H11NO2.H2O4S/c5-4(3-7)1-2-6;1-5(2,3)4/h4,6-7H,1-3,5H2;(H2,1,2,3,4). The van der Waals surface area contributed by atoms with E-state index >= 15 is 0 Å². The molecule has 0 aliphatic carbocycles. The Balaban J connectivity index is 0. The van der Waals surface area contributed by atoms with Crippen molar-refractivity contribution < 1.29 is 27.7 Å². The lowest BCUT2D eigenvalue weighted by atomic mass is 10.2. The minimum Gasteiger partial charge on any atom is -0.396 e. The Kier molecular flexibility index (Phi) is 8.81. The molecule has 0 rings (SSSR count). The summed E-state index contributed by atoms with van der Waals surface area (Å²) in [5.74, 6) is 0. The van der Waals surface area contributed by atoms with E-state index in [4.69, 9.17) is 33.5 Å². The fourth-order valence-electron chi connectivity index (χ4n) is 0.257. The van der Waals surface area contributed by atoms with Gasteiger partial charge in [-0.1, -0.05) is 0 Å². The predicted molar refractivity (Wildman–Crippen MR) is 40.9 cm³/mol. The molecule has 8 heteroatoms. The molecule has 0 aliphatic heterocycles. The molecule has 0 fully saturated rings. The van der Waals surface area contributed by atoms with Crippen LogP contribution < -0.4 is 5.73 Å². The van der Waals surface area contributed by atoms with E-state index in [9.17, 15) is 0 Å². The van der Waals surface area contributed by atoms with Crippen molar-refractivity contribution in [3.8, 4) is 0 Å². The highest BCUT2D eigenvalue weighted by molar-refractivity contribution is 7.79. The maximum Gasteiger partial charge on any atom is 0.394 e. The Morgan fingerprint density at radius 2 is 1.58 bits per heavy atom. The third-order valence-corrected chi connectivity index (χ3v) is 0.734. The van der Waals surface area contributed by atoms with Crippen molar-refractivity contribution in [3.63, 3.8) is 0 Å². The van der Waals surface area contributed by atoms with Crippen LogP contribution >= 0.6 is 0 Å². The summed E-state index contributed by atoms with van der Waals surface area (Å²) in [6, 6.07) is -0.245. The van der Waals surface area contributed by atoms with E-state index in [1.54, 1.807) is 0 Å². The summed E-state index contributed by atoms with van der Waals surface area (Å²) < 4.78 is 31.6. The fraction of sp³-hybridized carbons (Fsp3) is 1.00. The molecule has 0 aromatic rings. The molecular weight excluding hydrogens is 190 g/mol. The van der Waals surface area contributed by atoms with E-state index in [1.807, 2.05) is 0 Å². The van der Waals surface area contributed by atoms with Gasteiger partial charge in [-0.25, -0.2) is 0 Å². The Morgan fingerprint density at radius 1 is 1.25 bits per heavy atom. The Hall–Kier alpha value is -0.250. The number of aliphatic hydroxyl groups excluding tert-OH is 2. The van der Waals surface area contributed by atoms with Crippen molar-refractivity contribution in [2.24, 2.45) is 5.73 Å². The molecule has 0 aromatic heterocycles. The van der Waals surface area contributed by atoms with E-state index in [0.717, 1.165) is 0 Å². The number of aliphatic hydroxyl groups is 2. The monoisotopic (exact) mass is 203 g/mol. The second-order valence-corrected chi connectivity index (χ2v) is 2.80. The molecule has 0 amide bonds. The minimum atomic E-state index is -4.67. The summed E-state index contributed by atoms with van der Waals surface area (Å²) in [5.41, 5.74) is 5.17. The number of hydrogen-bond acceptors (Lipinski definition) is 5. The van der Waals surface area contributed by atoms with Crippen LogP contribution in [0.4, 0.5) is 0 Å². The van der Waals surface area contributed by atoms with Crippen LogP contribution in [-0.2, 0) is 10.4 Å². The second kappa shape index (κ2) is 7.40. The molecule has 1 unspecified atom stereocenters. The van der Waals surface area contributed by atoms with Crippen LogP contribution in [0.15, 0.2) is 0 Å². The molecule has 0 bridgehead atoms. The van der Waals surface area contributed by atoms with Crippen LogP contribution in [0.25, 0.3) is 0 Å². The molecular formula is C4H13NO6S. The summed E-state index contributed by atoms with van der Waals surface area (Å²) in [7, 11) is -4.67. The van der Waals surface area contributed by atoms with E-state index in [0.29, 0.717) is 6.42 Å². The average molecular weight is 203 g/mol. The largest absolute Gasteiger partial charge is 0.396 e. The molecule has 7 nitrogen and oxygen atoms in total. The fourth-order valence-corrected chi connectivity index (χ4v) is 0.257. The Labute approximate surface area is 70.4 Å². The molecule has 0 aliphatic rings. The Bertz CT molecular complexity index is 170. The van der Waals surface area contributed by atoms with Crippen LogP contribution in [0.3, 0.4) is 0 Å². The topological polar surface area (TPSA) is 141 Å². The SMILES string of the molecule is NC(CO)CCO.O=S(=O)(O)O. The summed E-state index contributed by atoms with van der Waals surface area (Å²) in [6.07, 6.45) is 0.483. The smallest absolute Gasteiger partial charge is 0.394 e. The summed E-state index contributed by atoms with van der Waals surface area (Å²) in [5, 5.41) is 16.4. The molecule has 76 valence electrons. The van der Waals surface area contributed by atoms with Gasteiger partial charge in [-0.15, -0.1) is 0 Å². The highest BCUT2D eigenvalue weighted by atomic mass is 32.3. The van der Waals surface area contributed by atoms with Gasteiger partial charge in [0.15, 0.2) is 0 Å². The molecule has 12 heavy (non-hydrogen) atoms. The zero-order valence-corrected chi connectivity index (χ0v) is 7.11. The van der Waals surface area contributed by atoms with Crippen LogP contribution in [-0.4, -0.2) is 47.0 Å². The number of hydrogen-bond donors (Lipinski definition) is 5. The Morgan fingerprint density at radius 3 is 1.67 bits per heavy atom. The van der Waals surface area contributed by atoms with Crippen LogP contribution in [0.1, 0.15) is 6.42 Å². The highest BCUT2D eigenvalue weighted by Gasteiger charge is 1.95. The van der Waals surface area contributed by atoms with E-state index in [1.165, 1.54) is 0 Å². The van der Waals surface area contributed by atoms with Crippen molar-refractivity contribution in [1.29, 1.82) is 0 Å². The quantitative estimate of drug-likeness (QED) is 0.335. The van der Waals surface area contributed by atoms with Crippen molar-refractivity contribution in [1.82, 2.24) is 0 Å².